The molecule has 3 aliphatic rings. The molecule has 6 heteroatoms. The van der Waals surface area contributed by atoms with Crippen LogP contribution >= 0.6 is 0 Å². The minimum Gasteiger partial charge on any atom is -0.373 e. The lowest BCUT2D eigenvalue weighted by Gasteiger charge is -2.36. The second kappa shape index (κ2) is 6.69. The Kier molecular flexibility index (Phi) is 4.44. The molecule has 0 bridgehead atoms. The molecule has 2 saturated heterocycles. The van der Waals surface area contributed by atoms with Crippen LogP contribution in [-0.2, 0) is 4.74 Å². The molecule has 0 amide bonds. The van der Waals surface area contributed by atoms with Gasteiger partial charge in [-0.1, -0.05) is 19.3 Å². The molecule has 0 unspecified atom stereocenters. The number of rotatable bonds is 3. The average molecular weight is 320 g/mol. The number of likely N-dealkylation sites (tertiary alicyclic amines) is 1. The van der Waals surface area contributed by atoms with Crippen LogP contribution in [0.5, 0.6) is 0 Å². The summed E-state index contributed by atoms with van der Waals surface area (Å²) < 4.78 is 19.1. The molecule has 1 aromatic heterocycles. The summed E-state index contributed by atoms with van der Waals surface area (Å²) in [5, 5.41) is 0. The Labute approximate surface area is 136 Å². The number of halogens is 1. The molecule has 1 saturated carbocycles. The number of hydrogen-bond acceptors (Lipinski definition) is 5. The van der Waals surface area contributed by atoms with E-state index in [0.717, 1.165) is 25.6 Å². The summed E-state index contributed by atoms with van der Waals surface area (Å²) in [7, 11) is 0. The molecule has 3 heterocycles. The second-order valence-corrected chi connectivity index (χ2v) is 7.09. The van der Waals surface area contributed by atoms with Gasteiger partial charge in [-0.05, 0) is 18.8 Å². The van der Waals surface area contributed by atoms with Crippen LogP contribution in [0.1, 0.15) is 32.1 Å². The Morgan fingerprint density at radius 2 is 1.91 bits per heavy atom. The standard InChI is InChI=1S/C17H25FN4O/c18-14-8-19-17(20-9-14)22-6-7-23-16-12-21(11-15(16)22)10-13-4-2-1-3-5-13/h8-9,13,15-16H,1-7,10-12H2/t15-,16+/m1/s1. The fourth-order valence-electron chi connectivity index (χ4n) is 4.35. The first kappa shape index (κ1) is 15.3. The van der Waals surface area contributed by atoms with Gasteiger partial charge in [0.2, 0.25) is 5.95 Å². The Morgan fingerprint density at radius 1 is 1.13 bits per heavy atom. The molecule has 1 aromatic rings. The molecule has 1 aliphatic carbocycles. The second-order valence-electron chi connectivity index (χ2n) is 7.09. The Balaban J connectivity index is 1.42. The van der Waals surface area contributed by atoms with Gasteiger partial charge in [0, 0.05) is 26.2 Å². The minimum absolute atomic E-state index is 0.223. The van der Waals surface area contributed by atoms with Gasteiger partial charge in [-0.15, -0.1) is 0 Å². The molecule has 2 aliphatic heterocycles. The molecule has 5 nitrogen and oxygen atoms in total. The predicted molar refractivity (Wildman–Crippen MR) is 85.9 cm³/mol. The SMILES string of the molecule is Fc1cnc(N2CCO[C@H]3CN(CC4CCCCC4)C[C@H]32)nc1. The van der Waals surface area contributed by atoms with Gasteiger partial charge in [0.25, 0.3) is 0 Å². The lowest BCUT2D eigenvalue weighted by Crippen LogP contribution is -2.51. The van der Waals surface area contributed by atoms with Gasteiger partial charge in [0.05, 0.1) is 31.1 Å². The van der Waals surface area contributed by atoms with E-state index in [-0.39, 0.29) is 18.0 Å². The fraction of sp³-hybridized carbons (Fsp3) is 0.765. The smallest absolute Gasteiger partial charge is 0.225 e. The average Bonchev–Trinajstić information content (AvgIpc) is 2.99. The van der Waals surface area contributed by atoms with E-state index < -0.39 is 0 Å². The molecule has 4 rings (SSSR count). The van der Waals surface area contributed by atoms with E-state index in [1.165, 1.54) is 51.0 Å². The van der Waals surface area contributed by atoms with E-state index in [1.807, 2.05) is 0 Å². The monoisotopic (exact) mass is 320 g/mol. The van der Waals surface area contributed by atoms with Gasteiger partial charge in [-0.2, -0.15) is 0 Å². The summed E-state index contributed by atoms with van der Waals surface area (Å²) in [4.78, 5) is 13.1. The summed E-state index contributed by atoms with van der Waals surface area (Å²) in [5.41, 5.74) is 0. The molecule has 126 valence electrons. The summed E-state index contributed by atoms with van der Waals surface area (Å²) in [6.07, 6.45) is 9.65. The third-order valence-corrected chi connectivity index (χ3v) is 5.48. The highest BCUT2D eigenvalue weighted by molar-refractivity contribution is 5.33. The molecule has 0 spiro atoms. The molecule has 3 fully saturated rings. The summed E-state index contributed by atoms with van der Waals surface area (Å²) >= 11 is 0. The zero-order valence-corrected chi connectivity index (χ0v) is 13.5. The van der Waals surface area contributed by atoms with E-state index in [0.29, 0.717) is 12.6 Å². The summed E-state index contributed by atoms with van der Waals surface area (Å²) in [6.45, 7) is 4.67. The number of morpholine rings is 1. The van der Waals surface area contributed by atoms with Gasteiger partial charge >= 0.3 is 0 Å². The predicted octanol–water partition coefficient (Wildman–Crippen LogP) is 2.09. The topological polar surface area (TPSA) is 41.5 Å². The van der Waals surface area contributed by atoms with Crippen LogP contribution in [0.2, 0.25) is 0 Å². The highest BCUT2D eigenvalue weighted by Gasteiger charge is 2.41. The lowest BCUT2D eigenvalue weighted by atomic mass is 9.89. The number of ether oxygens (including phenoxy) is 1. The quantitative estimate of drug-likeness (QED) is 0.853. The van der Waals surface area contributed by atoms with Crippen molar-refractivity contribution < 1.29 is 9.13 Å². The largest absolute Gasteiger partial charge is 0.373 e. The Bertz CT molecular complexity index is 520. The van der Waals surface area contributed by atoms with Crippen molar-refractivity contribution in [1.82, 2.24) is 14.9 Å². The highest BCUT2D eigenvalue weighted by atomic mass is 19.1. The molecular formula is C17H25FN4O. The van der Waals surface area contributed by atoms with Gasteiger partial charge < -0.3 is 9.64 Å². The van der Waals surface area contributed by atoms with Crippen LogP contribution < -0.4 is 4.90 Å². The third kappa shape index (κ3) is 3.33. The van der Waals surface area contributed by atoms with Crippen LogP contribution in [-0.4, -0.2) is 59.8 Å². The lowest BCUT2D eigenvalue weighted by molar-refractivity contribution is 0.0295. The maximum Gasteiger partial charge on any atom is 0.225 e. The molecule has 2 atom stereocenters. The molecular weight excluding hydrogens is 295 g/mol. The maximum absolute atomic E-state index is 13.1. The normalized spacial score (nSPS) is 29.7. The number of anilines is 1. The molecule has 23 heavy (non-hydrogen) atoms. The van der Waals surface area contributed by atoms with Crippen LogP contribution in [0.15, 0.2) is 12.4 Å². The van der Waals surface area contributed by atoms with Crippen molar-refractivity contribution >= 4 is 5.95 Å². The number of fused-ring (bicyclic) bond motifs is 1. The van der Waals surface area contributed by atoms with Crippen LogP contribution in [0.3, 0.4) is 0 Å². The van der Waals surface area contributed by atoms with Crippen molar-refractivity contribution in [2.45, 2.75) is 44.2 Å². The molecule has 0 radical (unpaired) electrons. The zero-order chi connectivity index (χ0) is 15.6. The van der Waals surface area contributed by atoms with Crippen molar-refractivity contribution in [3.05, 3.63) is 18.2 Å². The molecule has 0 aromatic carbocycles. The zero-order valence-electron chi connectivity index (χ0n) is 13.5. The van der Waals surface area contributed by atoms with Crippen LogP contribution in [0.4, 0.5) is 10.3 Å². The van der Waals surface area contributed by atoms with Crippen LogP contribution in [0, 0.1) is 11.7 Å². The first-order valence-electron chi connectivity index (χ1n) is 8.88. The van der Waals surface area contributed by atoms with E-state index in [4.69, 9.17) is 4.74 Å². The summed E-state index contributed by atoms with van der Waals surface area (Å²) in [5.74, 6) is 1.09. The van der Waals surface area contributed by atoms with Crippen molar-refractivity contribution in [2.75, 3.05) is 37.7 Å². The van der Waals surface area contributed by atoms with E-state index in [1.54, 1.807) is 0 Å². The van der Waals surface area contributed by atoms with Gasteiger partial charge in [0.1, 0.15) is 0 Å². The highest BCUT2D eigenvalue weighted by Crippen LogP contribution is 2.29. The number of nitrogens with zero attached hydrogens (tertiary/aromatic N) is 4. The first-order chi connectivity index (χ1) is 11.3. The van der Waals surface area contributed by atoms with Crippen molar-refractivity contribution in [1.29, 1.82) is 0 Å². The first-order valence-corrected chi connectivity index (χ1v) is 8.88. The maximum atomic E-state index is 13.1. The van der Waals surface area contributed by atoms with Crippen molar-refractivity contribution in [2.24, 2.45) is 5.92 Å². The van der Waals surface area contributed by atoms with Crippen molar-refractivity contribution in [3.63, 3.8) is 0 Å². The minimum atomic E-state index is -0.385. The van der Waals surface area contributed by atoms with Gasteiger partial charge in [0.15, 0.2) is 5.82 Å². The Hall–Kier alpha value is -1.27. The van der Waals surface area contributed by atoms with E-state index >= 15 is 0 Å². The van der Waals surface area contributed by atoms with Gasteiger partial charge in [-0.25, -0.2) is 14.4 Å². The third-order valence-electron chi connectivity index (χ3n) is 5.48. The van der Waals surface area contributed by atoms with E-state index in [9.17, 15) is 4.39 Å². The van der Waals surface area contributed by atoms with E-state index in [2.05, 4.69) is 19.8 Å². The van der Waals surface area contributed by atoms with Crippen molar-refractivity contribution in [3.8, 4) is 0 Å². The fourth-order valence-corrected chi connectivity index (χ4v) is 4.35. The Morgan fingerprint density at radius 3 is 2.70 bits per heavy atom. The van der Waals surface area contributed by atoms with Gasteiger partial charge in [-0.3, -0.25) is 4.90 Å². The number of aromatic nitrogens is 2. The molecule has 0 N–H and O–H groups in total. The van der Waals surface area contributed by atoms with Crippen LogP contribution in [0.25, 0.3) is 0 Å². The number of hydrogen-bond donors (Lipinski definition) is 0. The summed E-state index contributed by atoms with van der Waals surface area (Å²) in [6, 6.07) is 0.290.